The Morgan fingerprint density at radius 3 is 3.04 bits per heavy atom. The third-order valence-corrected chi connectivity index (χ3v) is 3.96. The van der Waals surface area contributed by atoms with E-state index >= 15 is 0 Å². The number of rotatable bonds is 6. The van der Waals surface area contributed by atoms with Gasteiger partial charge >= 0.3 is 0 Å². The van der Waals surface area contributed by atoms with E-state index in [2.05, 4.69) is 38.4 Å². The maximum absolute atomic E-state index is 5.91. The van der Waals surface area contributed by atoms with E-state index in [1.807, 2.05) is 17.9 Å². The summed E-state index contributed by atoms with van der Waals surface area (Å²) in [6.07, 6.45) is 8.55. The molecule has 7 nitrogen and oxygen atoms in total. The molecule has 2 aromatic heterocycles. The molecule has 0 aromatic carbocycles. The average molecular weight is 316 g/mol. The maximum atomic E-state index is 5.91. The van der Waals surface area contributed by atoms with Gasteiger partial charge in [0.25, 0.3) is 0 Å². The number of hydrogen-bond donors (Lipinski definition) is 1. The van der Waals surface area contributed by atoms with Gasteiger partial charge in [0.05, 0.1) is 12.8 Å². The number of anilines is 1. The highest BCUT2D eigenvalue weighted by Gasteiger charge is 2.25. The number of morpholine rings is 1. The van der Waals surface area contributed by atoms with Crippen LogP contribution in [0.3, 0.4) is 0 Å². The Morgan fingerprint density at radius 2 is 2.22 bits per heavy atom. The molecular weight excluding hydrogens is 292 g/mol. The second kappa shape index (κ2) is 7.52. The van der Waals surface area contributed by atoms with Crippen molar-refractivity contribution in [1.82, 2.24) is 24.6 Å². The monoisotopic (exact) mass is 316 g/mol. The summed E-state index contributed by atoms with van der Waals surface area (Å²) < 4.78 is 7.92. The summed E-state index contributed by atoms with van der Waals surface area (Å²) in [7, 11) is 1.86. The molecule has 0 spiro atoms. The fourth-order valence-electron chi connectivity index (χ4n) is 2.89. The van der Waals surface area contributed by atoms with E-state index in [4.69, 9.17) is 4.74 Å². The van der Waals surface area contributed by atoms with Gasteiger partial charge in [0.15, 0.2) is 0 Å². The van der Waals surface area contributed by atoms with Gasteiger partial charge in [-0.25, -0.2) is 4.98 Å². The van der Waals surface area contributed by atoms with Gasteiger partial charge in [-0.2, -0.15) is 5.10 Å². The normalized spacial score (nSPS) is 19.0. The van der Waals surface area contributed by atoms with Crippen LogP contribution in [0.1, 0.15) is 30.7 Å². The highest BCUT2D eigenvalue weighted by molar-refractivity contribution is 5.40. The summed E-state index contributed by atoms with van der Waals surface area (Å²) in [6.45, 7) is 6.45. The van der Waals surface area contributed by atoms with E-state index in [0.29, 0.717) is 6.61 Å². The van der Waals surface area contributed by atoms with Crippen molar-refractivity contribution in [3.63, 3.8) is 0 Å². The molecule has 1 saturated heterocycles. The zero-order valence-corrected chi connectivity index (χ0v) is 13.8. The van der Waals surface area contributed by atoms with Gasteiger partial charge in [-0.05, 0) is 6.42 Å². The van der Waals surface area contributed by atoms with Crippen LogP contribution < -0.4 is 5.32 Å². The second-order valence-electron chi connectivity index (χ2n) is 5.75. The highest BCUT2D eigenvalue weighted by Crippen LogP contribution is 2.25. The predicted molar refractivity (Wildman–Crippen MR) is 88.1 cm³/mol. The molecule has 2 aromatic rings. The number of aromatic nitrogens is 4. The minimum Gasteiger partial charge on any atom is -0.372 e. The van der Waals surface area contributed by atoms with Crippen LogP contribution in [0.25, 0.3) is 0 Å². The third kappa shape index (κ3) is 3.86. The molecule has 1 atom stereocenters. The van der Waals surface area contributed by atoms with Crippen LogP contribution in [0.2, 0.25) is 0 Å². The van der Waals surface area contributed by atoms with Crippen molar-refractivity contribution in [2.45, 2.75) is 32.5 Å². The van der Waals surface area contributed by atoms with E-state index in [0.717, 1.165) is 44.1 Å². The number of nitrogens with zero attached hydrogens (tertiary/aromatic N) is 5. The van der Waals surface area contributed by atoms with Crippen molar-refractivity contribution in [2.24, 2.45) is 0 Å². The summed E-state index contributed by atoms with van der Waals surface area (Å²) >= 11 is 0. The first-order chi connectivity index (χ1) is 11.3. The molecule has 23 heavy (non-hydrogen) atoms. The van der Waals surface area contributed by atoms with Gasteiger partial charge in [0.2, 0.25) is 0 Å². The van der Waals surface area contributed by atoms with Gasteiger partial charge in [-0.1, -0.05) is 6.92 Å². The molecule has 0 amide bonds. The van der Waals surface area contributed by atoms with Crippen molar-refractivity contribution >= 4 is 5.82 Å². The summed E-state index contributed by atoms with van der Waals surface area (Å²) in [5.74, 6) is 0.787. The first-order valence-corrected chi connectivity index (χ1v) is 8.14. The van der Waals surface area contributed by atoms with Gasteiger partial charge in [0.1, 0.15) is 17.6 Å². The van der Waals surface area contributed by atoms with Crippen molar-refractivity contribution in [3.8, 4) is 0 Å². The zero-order chi connectivity index (χ0) is 16.1. The first kappa shape index (κ1) is 15.9. The minimum absolute atomic E-state index is 0.0504. The molecule has 0 saturated carbocycles. The molecule has 1 N–H and O–H groups in total. The molecule has 124 valence electrons. The van der Waals surface area contributed by atoms with E-state index in [1.165, 1.54) is 5.56 Å². The molecule has 7 heteroatoms. The third-order valence-electron chi connectivity index (χ3n) is 3.96. The van der Waals surface area contributed by atoms with Gasteiger partial charge < -0.3 is 10.1 Å². The summed E-state index contributed by atoms with van der Waals surface area (Å²) in [6, 6.07) is 0. The maximum Gasteiger partial charge on any atom is 0.150 e. The van der Waals surface area contributed by atoms with Crippen LogP contribution in [0.15, 0.2) is 24.8 Å². The Morgan fingerprint density at radius 1 is 1.35 bits per heavy atom. The largest absolute Gasteiger partial charge is 0.372 e. The number of aryl methyl sites for hydroxylation is 1. The Balaban J connectivity index is 1.65. The first-order valence-electron chi connectivity index (χ1n) is 8.14. The Bertz CT molecular complexity index is 629. The lowest BCUT2D eigenvalue weighted by Gasteiger charge is -2.32. The summed E-state index contributed by atoms with van der Waals surface area (Å²) in [5.41, 5.74) is 2.12. The number of nitrogens with one attached hydrogen (secondary N) is 1. The molecule has 3 heterocycles. The Hall–Kier alpha value is -1.99. The molecule has 0 aliphatic carbocycles. The summed E-state index contributed by atoms with van der Waals surface area (Å²) in [5, 5.41) is 7.49. The lowest BCUT2D eigenvalue weighted by Crippen LogP contribution is -2.38. The smallest absolute Gasteiger partial charge is 0.150 e. The van der Waals surface area contributed by atoms with Crippen LogP contribution in [-0.4, -0.2) is 51.4 Å². The Kier molecular flexibility index (Phi) is 5.19. The van der Waals surface area contributed by atoms with Crippen molar-refractivity contribution < 1.29 is 4.74 Å². The fraction of sp³-hybridized carbons (Fsp3) is 0.562. The fourth-order valence-corrected chi connectivity index (χ4v) is 2.89. The highest BCUT2D eigenvalue weighted by atomic mass is 16.5. The SMILES string of the molecule is CCCn1cc(CN2CCO[C@@H](c3nccnc3NC)C2)cn1. The van der Waals surface area contributed by atoms with Crippen molar-refractivity contribution in [2.75, 3.05) is 32.1 Å². The number of ether oxygens (including phenoxy) is 1. The number of hydrogen-bond acceptors (Lipinski definition) is 6. The van der Waals surface area contributed by atoms with Crippen LogP contribution in [-0.2, 0) is 17.8 Å². The predicted octanol–water partition coefficient (Wildman–Crippen LogP) is 1.70. The zero-order valence-electron chi connectivity index (χ0n) is 13.8. The van der Waals surface area contributed by atoms with E-state index in [1.54, 1.807) is 12.4 Å². The minimum atomic E-state index is -0.0504. The van der Waals surface area contributed by atoms with Gasteiger partial charge in [-0.15, -0.1) is 0 Å². The summed E-state index contributed by atoms with van der Waals surface area (Å²) in [4.78, 5) is 11.2. The van der Waals surface area contributed by atoms with E-state index in [-0.39, 0.29) is 6.10 Å². The quantitative estimate of drug-likeness (QED) is 0.875. The second-order valence-corrected chi connectivity index (χ2v) is 5.75. The molecule has 1 aliphatic rings. The van der Waals surface area contributed by atoms with Crippen LogP contribution in [0, 0.1) is 0 Å². The van der Waals surface area contributed by atoms with E-state index in [9.17, 15) is 0 Å². The van der Waals surface area contributed by atoms with Crippen LogP contribution in [0.4, 0.5) is 5.82 Å². The molecule has 1 aliphatic heterocycles. The van der Waals surface area contributed by atoms with Crippen molar-refractivity contribution in [1.29, 1.82) is 0 Å². The lowest BCUT2D eigenvalue weighted by molar-refractivity contribution is -0.0347. The van der Waals surface area contributed by atoms with Crippen LogP contribution >= 0.6 is 0 Å². The van der Waals surface area contributed by atoms with E-state index < -0.39 is 0 Å². The average Bonchev–Trinajstić information content (AvgIpc) is 3.02. The topological polar surface area (TPSA) is 68.1 Å². The Labute approximate surface area is 136 Å². The molecule has 0 radical (unpaired) electrons. The standard InChI is InChI=1S/C16H24N6O/c1-3-6-22-11-13(9-20-22)10-21-7-8-23-14(12-21)15-16(17-2)19-5-4-18-15/h4-5,9,11,14H,3,6-8,10,12H2,1-2H3,(H,17,19)/t14-/m1/s1. The van der Waals surface area contributed by atoms with Crippen molar-refractivity contribution in [3.05, 3.63) is 36.0 Å². The molecule has 1 fully saturated rings. The molecular formula is C16H24N6O. The molecule has 0 unspecified atom stereocenters. The van der Waals surface area contributed by atoms with Gasteiger partial charge in [-0.3, -0.25) is 14.6 Å². The molecule has 0 bridgehead atoms. The lowest BCUT2D eigenvalue weighted by atomic mass is 10.2. The van der Waals surface area contributed by atoms with Crippen LogP contribution in [0.5, 0.6) is 0 Å². The van der Waals surface area contributed by atoms with Gasteiger partial charge in [0, 0.05) is 57.4 Å². The molecule has 3 rings (SSSR count).